The molecule has 1 aromatic carbocycles. The molecule has 0 amide bonds. The molecule has 2 unspecified atom stereocenters. The second-order valence-corrected chi connectivity index (χ2v) is 4.65. The summed E-state index contributed by atoms with van der Waals surface area (Å²) in [5.41, 5.74) is 2.77. The van der Waals surface area contributed by atoms with Crippen molar-refractivity contribution >= 4 is 0 Å². The zero-order valence-corrected chi connectivity index (χ0v) is 10.2. The molecule has 2 nitrogen and oxygen atoms in total. The minimum Gasteiger partial charge on any atom is -0.378 e. The highest BCUT2D eigenvalue weighted by Crippen LogP contribution is 2.18. The molecule has 2 rings (SSSR count). The molecule has 1 aliphatic rings. The topological polar surface area (TPSA) is 21.3 Å². The Labute approximate surface area is 98.0 Å². The van der Waals surface area contributed by atoms with Crippen LogP contribution in [0.5, 0.6) is 0 Å². The Morgan fingerprint density at radius 1 is 1.25 bits per heavy atom. The van der Waals surface area contributed by atoms with Crippen LogP contribution < -0.4 is 5.32 Å². The average molecular weight is 219 g/mol. The molecule has 0 spiro atoms. The predicted octanol–water partition coefficient (Wildman–Crippen LogP) is 2.69. The molecule has 16 heavy (non-hydrogen) atoms. The van der Waals surface area contributed by atoms with Gasteiger partial charge in [-0.05, 0) is 24.5 Å². The molecule has 2 heteroatoms. The van der Waals surface area contributed by atoms with Crippen LogP contribution in [0.2, 0.25) is 0 Å². The molecule has 1 heterocycles. The molecular formula is C14H21NO. The maximum Gasteiger partial charge on any atom is 0.0662 e. The van der Waals surface area contributed by atoms with Crippen LogP contribution in [0.4, 0.5) is 0 Å². The molecular weight excluding hydrogens is 198 g/mol. The quantitative estimate of drug-likeness (QED) is 0.844. The molecule has 1 aromatic rings. The highest BCUT2D eigenvalue weighted by atomic mass is 16.5. The monoisotopic (exact) mass is 219 g/mol. The van der Waals surface area contributed by atoms with Gasteiger partial charge in [0.2, 0.25) is 0 Å². The number of aryl methyl sites for hydroxylation is 1. The fourth-order valence-electron chi connectivity index (χ4n) is 2.20. The van der Waals surface area contributed by atoms with Crippen LogP contribution in [0.15, 0.2) is 24.3 Å². The van der Waals surface area contributed by atoms with Crippen molar-refractivity contribution in [2.75, 3.05) is 13.2 Å². The number of hydrogen-bond donors (Lipinski definition) is 1. The van der Waals surface area contributed by atoms with E-state index in [-0.39, 0.29) is 0 Å². The van der Waals surface area contributed by atoms with E-state index in [2.05, 4.69) is 43.4 Å². The van der Waals surface area contributed by atoms with E-state index < -0.39 is 0 Å². The van der Waals surface area contributed by atoms with Crippen LogP contribution >= 0.6 is 0 Å². The number of morpholine rings is 1. The van der Waals surface area contributed by atoms with E-state index in [0.29, 0.717) is 12.1 Å². The van der Waals surface area contributed by atoms with Crippen molar-refractivity contribution in [2.24, 2.45) is 0 Å². The van der Waals surface area contributed by atoms with Crippen LogP contribution in [0.25, 0.3) is 0 Å². The van der Waals surface area contributed by atoms with E-state index in [0.717, 1.165) is 13.2 Å². The number of benzene rings is 1. The standard InChI is InChI=1S/C14H21NO/c1-3-4-12-5-7-13(8-6-12)14-10-16-9-11(2)15-14/h5-8,11,14-15H,3-4,9-10H2,1-2H3. The maximum absolute atomic E-state index is 5.56. The summed E-state index contributed by atoms with van der Waals surface area (Å²) in [6, 6.07) is 9.74. The van der Waals surface area contributed by atoms with Crippen molar-refractivity contribution in [3.63, 3.8) is 0 Å². The van der Waals surface area contributed by atoms with Crippen molar-refractivity contribution in [3.05, 3.63) is 35.4 Å². The minimum absolute atomic E-state index is 0.361. The van der Waals surface area contributed by atoms with Gasteiger partial charge in [0, 0.05) is 6.04 Å². The second-order valence-electron chi connectivity index (χ2n) is 4.65. The maximum atomic E-state index is 5.56. The molecule has 0 bridgehead atoms. The van der Waals surface area contributed by atoms with Crippen LogP contribution in [-0.2, 0) is 11.2 Å². The highest BCUT2D eigenvalue weighted by Gasteiger charge is 2.19. The van der Waals surface area contributed by atoms with Gasteiger partial charge >= 0.3 is 0 Å². The summed E-state index contributed by atoms with van der Waals surface area (Å²) in [5, 5.41) is 3.56. The molecule has 1 N–H and O–H groups in total. The molecule has 0 aromatic heterocycles. The normalized spacial score (nSPS) is 25.6. The third-order valence-electron chi connectivity index (χ3n) is 3.06. The van der Waals surface area contributed by atoms with E-state index in [1.165, 1.54) is 24.0 Å². The van der Waals surface area contributed by atoms with Gasteiger partial charge in [-0.2, -0.15) is 0 Å². The lowest BCUT2D eigenvalue weighted by Crippen LogP contribution is -2.41. The van der Waals surface area contributed by atoms with Gasteiger partial charge in [0.1, 0.15) is 0 Å². The summed E-state index contributed by atoms with van der Waals surface area (Å²) in [4.78, 5) is 0. The van der Waals surface area contributed by atoms with Crippen molar-refractivity contribution < 1.29 is 4.74 Å². The lowest BCUT2D eigenvalue weighted by molar-refractivity contribution is 0.0504. The predicted molar refractivity (Wildman–Crippen MR) is 66.6 cm³/mol. The van der Waals surface area contributed by atoms with E-state index in [1.54, 1.807) is 0 Å². The van der Waals surface area contributed by atoms with Gasteiger partial charge in [-0.25, -0.2) is 0 Å². The van der Waals surface area contributed by atoms with Gasteiger partial charge in [0.25, 0.3) is 0 Å². The number of ether oxygens (including phenoxy) is 1. The van der Waals surface area contributed by atoms with E-state index in [1.807, 2.05) is 0 Å². The SMILES string of the molecule is CCCc1ccc(C2COCC(C)N2)cc1. The van der Waals surface area contributed by atoms with Gasteiger partial charge in [-0.3, -0.25) is 0 Å². The number of nitrogens with one attached hydrogen (secondary N) is 1. The molecule has 0 saturated carbocycles. The summed E-state index contributed by atoms with van der Waals surface area (Å²) in [6.07, 6.45) is 2.38. The highest BCUT2D eigenvalue weighted by molar-refractivity contribution is 5.25. The fraction of sp³-hybridized carbons (Fsp3) is 0.571. The summed E-state index contributed by atoms with van der Waals surface area (Å²) in [7, 11) is 0. The Bertz CT molecular complexity index is 320. The van der Waals surface area contributed by atoms with Gasteiger partial charge in [-0.15, -0.1) is 0 Å². The molecule has 1 fully saturated rings. The zero-order chi connectivity index (χ0) is 11.4. The molecule has 88 valence electrons. The third kappa shape index (κ3) is 2.83. The Morgan fingerprint density at radius 3 is 2.62 bits per heavy atom. The van der Waals surface area contributed by atoms with Crippen LogP contribution in [0.1, 0.15) is 37.4 Å². The molecule has 0 aliphatic carbocycles. The summed E-state index contributed by atoms with van der Waals surface area (Å²) in [6.45, 7) is 5.99. The van der Waals surface area contributed by atoms with E-state index in [4.69, 9.17) is 4.74 Å². The largest absolute Gasteiger partial charge is 0.378 e. The molecule has 1 saturated heterocycles. The van der Waals surface area contributed by atoms with Gasteiger partial charge in [0.15, 0.2) is 0 Å². The van der Waals surface area contributed by atoms with Gasteiger partial charge in [0.05, 0.1) is 19.3 Å². The fourth-order valence-corrected chi connectivity index (χ4v) is 2.20. The van der Waals surface area contributed by atoms with Crippen molar-refractivity contribution in [1.29, 1.82) is 0 Å². The summed E-state index contributed by atoms with van der Waals surface area (Å²) < 4.78 is 5.56. The average Bonchev–Trinajstić information content (AvgIpc) is 2.30. The lowest BCUT2D eigenvalue weighted by Gasteiger charge is -2.29. The smallest absolute Gasteiger partial charge is 0.0662 e. The first kappa shape index (κ1) is 11.6. The van der Waals surface area contributed by atoms with E-state index in [9.17, 15) is 0 Å². The Balaban J connectivity index is 2.03. The van der Waals surface area contributed by atoms with Crippen molar-refractivity contribution in [3.8, 4) is 0 Å². The minimum atomic E-state index is 0.361. The van der Waals surface area contributed by atoms with Gasteiger partial charge < -0.3 is 10.1 Å². The van der Waals surface area contributed by atoms with Crippen molar-refractivity contribution in [1.82, 2.24) is 5.32 Å². The van der Waals surface area contributed by atoms with Crippen LogP contribution in [0.3, 0.4) is 0 Å². The number of hydrogen-bond acceptors (Lipinski definition) is 2. The Kier molecular flexibility index (Phi) is 3.97. The molecule has 0 radical (unpaired) electrons. The Hall–Kier alpha value is -0.860. The van der Waals surface area contributed by atoms with E-state index >= 15 is 0 Å². The lowest BCUT2D eigenvalue weighted by atomic mass is 10.0. The van der Waals surface area contributed by atoms with Crippen LogP contribution in [0, 0.1) is 0 Å². The second kappa shape index (κ2) is 5.46. The molecule has 2 atom stereocenters. The first-order valence-corrected chi connectivity index (χ1v) is 6.22. The first-order valence-electron chi connectivity index (χ1n) is 6.22. The third-order valence-corrected chi connectivity index (χ3v) is 3.06. The summed E-state index contributed by atoms with van der Waals surface area (Å²) in [5.74, 6) is 0. The first-order chi connectivity index (χ1) is 7.79. The van der Waals surface area contributed by atoms with Crippen LogP contribution in [-0.4, -0.2) is 19.3 Å². The van der Waals surface area contributed by atoms with Crippen molar-refractivity contribution in [2.45, 2.75) is 38.8 Å². The summed E-state index contributed by atoms with van der Waals surface area (Å²) >= 11 is 0. The Morgan fingerprint density at radius 2 is 2.00 bits per heavy atom. The molecule has 1 aliphatic heterocycles. The number of rotatable bonds is 3. The van der Waals surface area contributed by atoms with Gasteiger partial charge in [-0.1, -0.05) is 37.6 Å². The zero-order valence-electron chi connectivity index (χ0n) is 10.2.